The Morgan fingerprint density at radius 1 is 1.15 bits per heavy atom. The average molecular weight is 467 g/mol. The van der Waals surface area contributed by atoms with Crippen LogP contribution in [0.15, 0.2) is 47.3 Å². The van der Waals surface area contributed by atoms with Crippen LogP contribution >= 0.6 is 0 Å². The molecular formula is C24H26F2N7O+. The van der Waals surface area contributed by atoms with Crippen molar-refractivity contribution >= 4 is 11.6 Å². The summed E-state index contributed by atoms with van der Waals surface area (Å²) in [7, 11) is 1.64. The predicted molar refractivity (Wildman–Crippen MR) is 125 cm³/mol. The highest BCUT2D eigenvalue weighted by atomic mass is 19.3. The van der Waals surface area contributed by atoms with Gasteiger partial charge in [0.2, 0.25) is 5.65 Å². The van der Waals surface area contributed by atoms with Crippen LogP contribution in [0.3, 0.4) is 0 Å². The van der Waals surface area contributed by atoms with Gasteiger partial charge in [-0.05, 0) is 38.6 Å². The zero-order chi connectivity index (χ0) is 24.2. The molecule has 4 aromatic rings. The van der Waals surface area contributed by atoms with Gasteiger partial charge < -0.3 is 5.73 Å². The van der Waals surface area contributed by atoms with Crippen LogP contribution in [0.25, 0.3) is 28.0 Å². The smallest absolute Gasteiger partial charge is 0.319 e. The van der Waals surface area contributed by atoms with Crippen LogP contribution in [0.2, 0.25) is 0 Å². The Kier molecular flexibility index (Phi) is 5.20. The number of H-pyrrole nitrogens is 1. The zero-order valence-corrected chi connectivity index (χ0v) is 19.2. The van der Waals surface area contributed by atoms with Gasteiger partial charge in [0, 0.05) is 29.4 Å². The first-order chi connectivity index (χ1) is 16.1. The molecular weight excluding hydrogens is 440 g/mol. The molecule has 0 aliphatic carbocycles. The van der Waals surface area contributed by atoms with E-state index in [0.29, 0.717) is 16.9 Å². The van der Waals surface area contributed by atoms with E-state index in [2.05, 4.69) is 15.1 Å². The summed E-state index contributed by atoms with van der Waals surface area (Å²) in [5, 5.41) is 3.15. The number of nitrogens with two attached hydrogens (primary N) is 1. The summed E-state index contributed by atoms with van der Waals surface area (Å²) in [6.07, 6.45) is -0.311. The quantitative estimate of drug-likeness (QED) is 0.451. The number of halogens is 2. The number of rotatable bonds is 4. The van der Waals surface area contributed by atoms with Crippen molar-refractivity contribution in [2.24, 2.45) is 0 Å². The lowest BCUT2D eigenvalue weighted by Gasteiger charge is -2.15. The molecule has 0 radical (unpaired) electrons. The normalized spacial score (nSPS) is 18.1. The lowest BCUT2D eigenvalue weighted by Crippen LogP contribution is -2.46. The second-order valence-corrected chi connectivity index (χ2v) is 9.02. The summed E-state index contributed by atoms with van der Waals surface area (Å²) < 4.78 is 30.5. The molecule has 0 unspecified atom stereocenters. The molecule has 3 aromatic heterocycles. The van der Waals surface area contributed by atoms with Crippen molar-refractivity contribution in [3.63, 3.8) is 0 Å². The van der Waals surface area contributed by atoms with Crippen molar-refractivity contribution in [3.8, 4) is 22.4 Å². The molecule has 4 heterocycles. The van der Waals surface area contributed by atoms with Crippen molar-refractivity contribution in [2.45, 2.75) is 38.8 Å². The molecule has 176 valence electrons. The molecule has 0 spiro atoms. The fraction of sp³-hybridized carbons (Fsp3) is 0.333. The van der Waals surface area contributed by atoms with E-state index < -0.39 is 17.7 Å². The Morgan fingerprint density at radius 2 is 1.82 bits per heavy atom. The van der Waals surface area contributed by atoms with Gasteiger partial charge in [0.1, 0.15) is 5.69 Å². The maximum Gasteiger partial charge on any atom is 0.428 e. The van der Waals surface area contributed by atoms with Crippen LogP contribution in [0, 0.1) is 13.8 Å². The van der Waals surface area contributed by atoms with E-state index in [4.69, 9.17) is 5.73 Å². The molecule has 1 aromatic carbocycles. The molecule has 8 nitrogen and oxygen atoms in total. The minimum Gasteiger partial charge on any atom is -0.319 e. The number of nitrogens with one attached hydrogen (secondary N) is 1. The van der Waals surface area contributed by atoms with Gasteiger partial charge in [-0.15, -0.1) is 9.38 Å². The third-order valence-corrected chi connectivity index (χ3v) is 6.26. The number of benzene rings is 1. The number of nitrogen functional groups attached to an aromatic ring is 1. The Balaban J connectivity index is 1.75. The fourth-order valence-electron chi connectivity index (χ4n) is 4.81. The van der Waals surface area contributed by atoms with Gasteiger partial charge in [0.05, 0.1) is 18.7 Å². The second-order valence-electron chi connectivity index (χ2n) is 9.02. The lowest BCUT2D eigenvalue weighted by molar-refractivity contribution is -0.516. The monoisotopic (exact) mass is 466 g/mol. The highest BCUT2D eigenvalue weighted by molar-refractivity contribution is 5.88. The highest BCUT2D eigenvalue weighted by Crippen LogP contribution is 2.34. The van der Waals surface area contributed by atoms with Gasteiger partial charge in [-0.3, -0.25) is 9.88 Å². The number of aromatic amines is 1. The summed E-state index contributed by atoms with van der Waals surface area (Å²) >= 11 is 0. The minimum absolute atomic E-state index is 0.0187. The van der Waals surface area contributed by atoms with Crippen LogP contribution < -0.4 is 15.8 Å². The molecule has 1 fully saturated rings. The zero-order valence-electron chi connectivity index (χ0n) is 19.2. The molecule has 5 rings (SSSR count). The van der Waals surface area contributed by atoms with E-state index in [1.54, 1.807) is 11.9 Å². The van der Waals surface area contributed by atoms with Gasteiger partial charge >= 0.3 is 11.6 Å². The summed E-state index contributed by atoms with van der Waals surface area (Å²) in [5.74, 6) is -2.76. The summed E-state index contributed by atoms with van der Waals surface area (Å²) in [5.41, 5.74) is 10.9. The average Bonchev–Trinajstić information content (AvgIpc) is 3.22. The van der Waals surface area contributed by atoms with E-state index >= 15 is 0 Å². The van der Waals surface area contributed by atoms with E-state index in [0.717, 1.165) is 22.5 Å². The Hall–Kier alpha value is -3.66. The molecule has 1 aliphatic rings. The molecule has 1 aliphatic heterocycles. The number of hydrogen-bond acceptors (Lipinski definition) is 5. The van der Waals surface area contributed by atoms with Crippen molar-refractivity contribution in [1.29, 1.82) is 0 Å². The van der Waals surface area contributed by atoms with Crippen molar-refractivity contribution in [1.82, 2.24) is 24.6 Å². The Labute approximate surface area is 194 Å². The third-order valence-electron chi connectivity index (χ3n) is 6.26. The molecule has 10 heteroatoms. The molecule has 0 saturated carbocycles. The largest absolute Gasteiger partial charge is 0.428 e. The second kappa shape index (κ2) is 7.98. The van der Waals surface area contributed by atoms with Gasteiger partial charge in [-0.25, -0.2) is 18.7 Å². The van der Waals surface area contributed by atoms with E-state index in [1.165, 1.54) is 9.08 Å². The van der Waals surface area contributed by atoms with Gasteiger partial charge in [-0.2, -0.15) is 4.68 Å². The number of alkyl halides is 2. The predicted octanol–water partition coefficient (Wildman–Crippen LogP) is 2.58. The van der Waals surface area contributed by atoms with Crippen molar-refractivity contribution in [3.05, 3.63) is 64.3 Å². The SMILES string of the molecule is Cc1cc(-c2c(-c3ccccc3)nc(N)[n+]3c(=O)n(C[C@H]4CC(F)(F)CN4C)[nH]c23)cc(C)n1. The van der Waals surface area contributed by atoms with Crippen LogP contribution in [0.5, 0.6) is 0 Å². The molecule has 34 heavy (non-hydrogen) atoms. The van der Waals surface area contributed by atoms with Crippen molar-refractivity contribution < 1.29 is 13.2 Å². The fourth-order valence-corrected chi connectivity index (χ4v) is 4.81. The first-order valence-corrected chi connectivity index (χ1v) is 11.1. The van der Waals surface area contributed by atoms with Gasteiger partial charge in [0.15, 0.2) is 0 Å². The maximum atomic E-state index is 13.9. The Bertz CT molecular complexity index is 1430. The number of likely N-dealkylation sites (N-methyl/N-ethyl adjacent to an activating group) is 1. The van der Waals surface area contributed by atoms with E-state index in [9.17, 15) is 13.6 Å². The van der Waals surface area contributed by atoms with E-state index in [1.807, 2.05) is 56.3 Å². The van der Waals surface area contributed by atoms with Crippen molar-refractivity contribution in [2.75, 3.05) is 19.3 Å². The number of aromatic nitrogens is 5. The van der Waals surface area contributed by atoms with Crippen LogP contribution in [-0.4, -0.2) is 50.2 Å². The summed E-state index contributed by atoms with van der Waals surface area (Å²) in [6.45, 7) is 3.55. The van der Waals surface area contributed by atoms with Crippen LogP contribution in [-0.2, 0) is 6.54 Å². The van der Waals surface area contributed by atoms with Gasteiger partial charge in [-0.1, -0.05) is 30.3 Å². The topological polar surface area (TPSA) is 96.9 Å². The first kappa shape index (κ1) is 22.1. The number of nitrogens with zero attached hydrogens (tertiary/aromatic N) is 5. The van der Waals surface area contributed by atoms with Crippen LogP contribution in [0.1, 0.15) is 17.8 Å². The number of aryl methyl sites for hydroxylation is 2. The van der Waals surface area contributed by atoms with E-state index in [-0.39, 0.29) is 25.5 Å². The molecule has 0 bridgehead atoms. The maximum absolute atomic E-state index is 13.9. The summed E-state index contributed by atoms with van der Waals surface area (Å²) in [6, 6.07) is 12.9. The molecule has 1 atom stereocenters. The molecule has 3 N–H and O–H groups in total. The lowest BCUT2D eigenvalue weighted by atomic mass is 9.99. The van der Waals surface area contributed by atoms with Gasteiger partial charge in [0.25, 0.3) is 5.92 Å². The standard InChI is InChI=1S/C24H25F2N7O/c1-14-9-17(10-15(2)28-14)19-20(16-7-5-4-6-8-16)29-22(27)33-21(19)30-32(23(33)34)12-18-11-24(25,26)13-31(18)3/h4-10,18H,11-13H2,1-3H3,(H2,27,28,29,30)/p+1/t18-/m1/s1. The highest BCUT2D eigenvalue weighted by Gasteiger charge is 2.44. The van der Waals surface area contributed by atoms with Crippen LogP contribution in [0.4, 0.5) is 14.7 Å². The number of hydrogen-bond donors (Lipinski definition) is 2. The minimum atomic E-state index is -2.78. The number of likely N-dealkylation sites (tertiary alicyclic amines) is 1. The Morgan fingerprint density at radius 3 is 2.44 bits per heavy atom. The summed E-state index contributed by atoms with van der Waals surface area (Å²) in [4.78, 5) is 24.0. The first-order valence-electron chi connectivity index (χ1n) is 11.1. The number of anilines is 1. The molecule has 1 saturated heterocycles. The number of fused-ring (bicyclic) bond motifs is 1. The third kappa shape index (κ3) is 3.83. The molecule has 0 amide bonds. The number of pyridine rings is 1.